The van der Waals surface area contributed by atoms with Crippen molar-refractivity contribution in [1.82, 2.24) is 24.8 Å². The van der Waals surface area contributed by atoms with E-state index in [0.717, 1.165) is 37.6 Å². The molecular formula is C18H24N6O3. The lowest BCUT2D eigenvalue weighted by atomic mass is 10.0. The lowest BCUT2D eigenvalue weighted by molar-refractivity contribution is -0.124. The predicted octanol–water partition coefficient (Wildman–Crippen LogP) is 0.786. The molecule has 1 fully saturated rings. The van der Waals surface area contributed by atoms with Crippen LogP contribution in [0.4, 0.5) is 5.82 Å². The average molecular weight is 372 g/mol. The molecule has 144 valence electrons. The van der Waals surface area contributed by atoms with E-state index < -0.39 is 0 Å². The Morgan fingerprint density at radius 2 is 2.22 bits per heavy atom. The molecule has 0 aliphatic carbocycles. The fourth-order valence-corrected chi connectivity index (χ4v) is 3.60. The summed E-state index contributed by atoms with van der Waals surface area (Å²) in [6, 6.07) is 1.43. The lowest BCUT2D eigenvalue weighted by Gasteiger charge is -2.34. The summed E-state index contributed by atoms with van der Waals surface area (Å²) >= 11 is 0. The smallest absolute Gasteiger partial charge is 0.244 e. The number of hydrogen-bond donors (Lipinski definition) is 1. The van der Waals surface area contributed by atoms with Gasteiger partial charge in [0.1, 0.15) is 18.2 Å². The first kappa shape index (κ1) is 17.7. The molecule has 1 unspecified atom stereocenters. The van der Waals surface area contributed by atoms with Crippen LogP contribution in [0.5, 0.6) is 5.88 Å². The first-order valence-electron chi connectivity index (χ1n) is 9.21. The molecule has 4 heterocycles. The van der Waals surface area contributed by atoms with Crippen LogP contribution in [0.1, 0.15) is 24.6 Å². The Hall–Kier alpha value is -2.68. The van der Waals surface area contributed by atoms with Crippen molar-refractivity contribution in [1.29, 1.82) is 0 Å². The Kier molecular flexibility index (Phi) is 5.19. The number of nitrogens with zero attached hydrogens (tertiary/aromatic N) is 5. The Morgan fingerprint density at radius 3 is 3.04 bits per heavy atom. The normalized spacial score (nSPS) is 20.2. The van der Waals surface area contributed by atoms with Crippen molar-refractivity contribution >= 4 is 11.7 Å². The minimum atomic E-state index is -0.350. The fourth-order valence-electron chi connectivity index (χ4n) is 3.60. The van der Waals surface area contributed by atoms with Crippen LogP contribution in [-0.2, 0) is 16.1 Å². The summed E-state index contributed by atoms with van der Waals surface area (Å²) < 4.78 is 12.5. The monoisotopic (exact) mass is 372 g/mol. The van der Waals surface area contributed by atoms with E-state index in [4.69, 9.17) is 9.47 Å². The Bertz CT molecular complexity index is 789. The molecule has 1 saturated heterocycles. The number of fused-ring (bicyclic) bond motifs is 1. The zero-order valence-corrected chi connectivity index (χ0v) is 15.4. The lowest BCUT2D eigenvalue weighted by Crippen LogP contribution is -2.46. The molecule has 2 aliphatic rings. The van der Waals surface area contributed by atoms with Crippen LogP contribution >= 0.6 is 0 Å². The van der Waals surface area contributed by atoms with Gasteiger partial charge in [-0.2, -0.15) is 0 Å². The summed E-state index contributed by atoms with van der Waals surface area (Å²) in [6.07, 6.45) is 6.98. The first-order valence-corrected chi connectivity index (χ1v) is 9.21. The number of imidazole rings is 1. The highest BCUT2D eigenvalue weighted by Crippen LogP contribution is 2.26. The van der Waals surface area contributed by atoms with Gasteiger partial charge >= 0.3 is 0 Å². The quantitative estimate of drug-likeness (QED) is 0.829. The van der Waals surface area contributed by atoms with E-state index in [-0.39, 0.29) is 11.9 Å². The molecule has 0 spiro atoms. The number of carbonyl (C=O) groups is 1. The minimum Gasteiger partial charge on any atom is -0.481 e. The highest BCUT2D eigenvalue weighted by Gasteiger charge is 2.31. The van der Waals surface area contributed by atoms with Crippen molar-refractivity contribution in [2.45, 2.75) is 25.4 Å². The van der Waals surface area contributed by atoms with Crippen molar-refractivity contribution in [3.8, 4) is 5.88 Å². The van der Waals surface area contributed by atoms with Gasteiger partial charge in [-0.25, -0.2) is 15.0 Å². The number of anilines is 1. The first-order chi connectivity index (χ1) is 13.2. The van der Waals surface area contributed by atoms with Gasteiger partial charge in [-0.15, -0.1) is 0 Å². The van der Waals surface area contributed by atoms with Crippen molar-refractivity contribution in [3.63, 3.8) is 0 Å². The van der Waals surface area contributed by atoms with E-state index in [9.17, 15) is 4.79 Å². The van der Waals surface area contributed by atoms with Gasteiger partial charge in [-0.05, 0) is 18.8 Å². The second-order valence-electron chi connectivity index (χ2n) is 6.91. The third-order valence-electron chi connectivity index (χ3n) is 5.20. The molecule has 1 N–H and O–H groups in total. The van der Waals surface area contributed by atoms with E-state index in [2.05, 4.69) is 25.2 Å². The van der Waals surface area contributed by atoms with Gasteiger partial charge in [-0.1, -0.05) is 0 Å². The van der Waals surface area contributed by atoms with Gasteiger partial charge in [0, 0.05) is 38.6 Å². The molecule has 2 aromatic rings. The van der Waals surface area contributed by atoms with Crippen LogP contribution in [0.2, 0.25) is 0 Å². The van der Waals surface area contributed by atoms with Crippen LogP contribution in [0, 0.1) is 5.92 Å². The Labute approximate surface area is 157 Å². The topological polar surface area (TPSA) is 94.4 Å². The zero-order chi connectivity index (χ0) is 18.6. The van der Waals surface area contributed by atoms with Crippen LogP contribution in [0.25, 0.3) is 0 Å². The van der Waals surface area contributed by atoms with Crippen LogP contribution in [0.15, 0.2) is 24.9 Å². The molecule has 0 radical (unpaired) electrons. The number of rotatable bonds is 5. The number of aromatic nitrogens is 4. The van der Waals surface area contributed by atoms with Gasteiger partial charge < -0.3 is 24.3 Å². The molecule has 2 aliphatic heterocycles. The van der Waals surface area contributed by atoms with Gasteiger partial charge in [0.15, 0.2) is 0 Å². The standard InChI is InChI=1S/C18H24N6O3/c1-26-17-6-16(21-11-22-17)23-9-14-8-19-12-24(14)15(10-23)18(25)20-7-13-2-4-27-5-3-13/h6,8,11-13,15H,2-5,7,9-10H2,1H3,(H,20,25). The number of carbonyl (C=O) groups excluding carboxylic acids is 1. The molecule has 0 bridgehead atoms. The maximum atomic E-state index is 12.9. The van der Waals surface area contributed by atoms with E-state index >= 15 is 0 Å². The van der Waals surface area contributed by atoms with Crippen molar-refractivity contribution < 1.29 is 14.3 Å². The summed E-state index contributed by atoms with van der Waals surface area (Å²) in [6.45, 7) is 3.38. The van der Waals surface area contributed by atoms with Gasteiger partial charge in [0.05, 0.1) is 25.7 Å². The molecular weight excluding hydrogens is 348 g/mol. The van der Waals surface area contributed by atoms with Crippen LogP contribution in [0.3, 0.4) is 0 Å². The molecule has 2 aromatic heterocycles. The summed E-state index contributed by atoms with van der Waals surface area (Å²) in [5, 5.41) is 3.12. The summed E-state index contributed by atoms with van der Waals surface area (Å²) in [5.74, 6) is 1.72. The predicted molar refractivity (Wildman–Crippen MR) is 97.5 cm³/mol. The SMILES string of the molecule is COc1cc(N2Cc3cncn3C(C(=O)NCC3CCOCC3)C2)ncn1. The molecule has 9 heteroatoms. The molecule has 0 aromatic carbocycles. The molecule has 27 heavy (non-hydrogen) atoms. The highest BCUT2D eigenvalue weighted by molar-refractivity contribution is 5.81. The zero-order valence-electron chi connectivity index (χ0n) is 15.4. The maximum Gasteiger partial charge on any atom is 0.244 e. The maximum absolute atomic E-state index is 12.9. The van der Waals surface area contributed by atoms with E-state index in [0.29, 0.717) is 31.4 Å². The van der Waals surface area contributed by atoms with Crippen LogP contribution < -0.4 is 15.0 Å². The molecule has 0 saturated carbocycles. The van der Waals surface area contributed by atoms with E-state index in [1.165, 1.54) is 6.33 Å². The number of nitrogens with one attached hydrogen (secondary N) is 1. The van der Waals surface area contributed by atoms with Gasteiger partial charge in [0.2, 0.25) is 11.8 Å². The minimum absolute atomic E-state index is 0.00598. The number of hydrogen-bond acceptors (Lipinski definition) is 7. The number of methoxy groups -OCH3 is 1. The largest absolute Gasteiger partial charge is 0.481 e. The van der Waals surface area contributed by atoms with Crippen molar-refractivity contribution in [2.24, 2.45) is 5.92 Å². The third-order valence-corrected chi connectivity index (χ3v) is 5.20. The van der Waals surface area contributed by atoms with Gasteiger partial charge in [-0.3, -0.25) is 4.79 Å². The Morgan fingerprint density at radius 1 is 1.37 bits per heavy atom. The van der Waals surface area contributed by atoms with E-state index in [1.807, 2.05) is 4.57 Å². The summed E-state index contributed by atoms with van der Waals surface area (Å²) in [4.78, 5) is 27.6. The van der Waals surface area contributed by atoms with Gasteiger partial charge in [0.25, 0.3) is 0 Å². The number of amides is 1. The molecule has 1 amide bonds. The second kappa shape index (κ2) is 7.91. The van der Waals surface area contributed by atoms with E-state index in [1.54, 1.807) is 25.7 Å². The summed E-state index contributed by atoms with van der Waals surface area (Å²) in [5.41, 5.74) is 0.977. The molecule has 1 atom stereocenters. The van der Waals surface area contributed by atoms with Crippen molar-refractivity contribution in [2.75, 3.05) is 38.3 Å². The molecule has 9 nitrogen and oxygen atoms in total. The third kappa shape index (κ3) is 3.87. The van der Waals surface area contributed by atoms with Crippen molar-refractivity contribution in [3.05, 3.63) is 30.6 Å². The molecule has 4 rings (SSSR count). The number of ether oxygens (including phenoxy) is 2. The summed E-state index contributed by atoms with van der Waals surface area (Å²) in [7, 11) is 1.57. The Balaban J connectivity index is 1.48. The fraction of sp³-hybridized carbons (Fsp3) is 0.556. The highest BCUT2D eigenvalue weighted by atomic mass is 16.5. The average Bonchev–Trinajstić information content (AvgIpc) is 3.21. The second-order valence-corrected chi connectivity index (χ2v) is 6.91. The van der Waals surface area contributed by atoms with Crippen LogP contribution in [-0.4, -0.2) is 58.8 Å².